The van der Waals surface area contributed by atoms with Gasteiger partial charge in [-0.25, -0.2) is 0 Å². The van der Waals surface area contributed by atoms with Crippen molar-refractivity contribution in [2.45, 2.75) is 0 Å². The van der Waals surface area contributed by atoms with Crippen LogP contribution in [-0.4, -0.2) is 0 Å². The number of hydrogen-bond donors (Lipinski definition) is 0. The van der Waals surface area contributed by atoms with Gasteiger partial charge < -0.3 is 9.80 Å². The van der Waals surface area contributed by atoms with E-state index in [1.54, 1.807) is 0 Å². The Bertz CT molecular complexity index is 4650. The third-order valence-electron chi connectivity index (χ3n) is 15.4. The molecule has 0 aliphatic carbocycles. The molecule has 0 radical (unpaired) electrons. The summed E-state index contributed by atoms with van der Waals surface area (Å²) < 4.78 is 2.58. The van der Waals surface area contributed by atoms with Gasteiger partial charge in [0.1, 0.15) is 0 Å². The molecule has 75 heavy (non-hydrogen) atoms. The molecule has 0 bridgehead atoms. The van der Waals surface area contributed by atoms with Crippen molar-refractivity contribution >= 4 is 119 Å². The fourth-order valence-electron chi connectivity index (χ4n) is 12.0. The van der Waals surface area contributed by atoms with Crippen LogP contribution in [0.4, 0.5) is 34.1 Å². The van der Waals surface area contributed by atoms with Crippen LogP contribution in [0.5, 0.6) is 0 Å². The van der Waals surface area contributed by atoms with E-state index in [9.17, 15) is 0 Å². The maximum atomic E-state index is 2.49. The van der Waals surface area contributed by atoms with Crippen molar-refractivity contribution in [2.24, 2.45) is 0 Å². The Morgan fingerprint density at radius 1 is 0.240 bits per heavy atom. The fraction of sp³-hybridized carbons (Fsp3) is 0. The Morgan fingerprint density at radius 3 is 1.35 bits per heavy atom. The van der Waals surface area contributed by atoms with E-state index in [4.69, 9.17) is 0 Å². The first-order valence-electron chi connectivity index (χ1n) is 25.7. The second-order valence-electron chi connectivity index (χ2n) is 19.5. The highest BCUT2D eigenvalue weighted by Gasteiger charge is 2.27. The predicted molar refractivity (Wildman–Crippen MR) is 324 cm³/mol. The lowest BCUT2D eigenvalue weighted by atomic mass is 9.93. The van der Waals surface area contributed by atoms with Gasteiger partial charge >= 0.3 is 0 Å². The summed E-state index contributed by atoms with van der Waals surface area (Å²) >= 11 is 1.88. The Balaban J connectivity index is 1.07. The molecule has 3 heteroatoms. The molecule has 2 heterocycles. The SMILES string of the molecule is c1ccc(-c2ccc(N(c3ccc4c(c3)-c3ccccc3-c3ccccc3N4c3ccccc3)c3ccc4c5ccccc5c5ccccc5c5ccccc5c5cc6sc7ccccc7c6cc5c4c3)cc2)cc1. The number of para-hydroxylation sites is 2. The molecule has 14 aromatic rings. The summed E-state index contributed by atoms with van der Waals surface area (Å²) in [6, 6.07) is 103. The molecule has 0 saturated heterocycles. The number of thiophene rings is 1. The smallest absolute Gasteiger partial charge is 0.0542 e. The van der Waals surface area contributed by atoms with Crippen LogP contribution in [0.2, 0.25) is 0 Å². The normalized spacial score (nSPS) is 12.0. The van der Waals surface area contributed by atoms with Gasteiger partial charge in [-0.15, -0.1) is 11.3 Å². The number of nitrogens with zero attached hydrogens (tertiary/aromatic N) is 2. The lowest BCUT2D eigenvalue weighted by Crippen LogP contribution is -2.13. The van der Waals surface area contributed by atoms with Gasteiger partial charge in [-0.3, -0.25) is 0 Å². The number of hydrogen-bond acceptors (Lipinski definition) is 3. The number of fused-ring (bicyclic) bond motifs is 18. The number of benzene rings is 12. The van der Waals surface area contributed by atoms with Crippen LogP contribution in [0.15, 0.2) is 279 Å². The van der Waals surface area contributed by atoms with Gasteiger partial charge in [0.2, 0.25) is 0 Å². The van der Waals surface area contributed by atoms with E-state index in [0.717, 1.165) is 39.7 Å². The van der Waals surface area contributed by atoms with Crippen LogP contribution in [0.3, 0.4) is 0 Å². The zero-order chi connectivity index (χ0) is 49.4. The Hall–Kier alpha value is -9.54. The maximum Gasteiger partial charge on any atom is 0.0542 e. The Morgan fingerprint density at radius 2 is 0.680 bits per heavy atom. The van der Waals surface area contributed by atoms with Crippen LogP contribution in [-0.2, 0) is 0 Å². The van der Waals surface area contributed by atoms with E-state index < -0.39 is 0 Å². The largest absolute Gasteiger partial charge is 0.310 e. The van der Waals surface area contributed by atoms with Crippen LogP contribution >= 0.6 is 11.3 Å². The average Bonchev–Trinajstić information content (AvgIpc) is 3.80. The first-order valence-corrected chi connectivity index (χ1v) is 26.6. The second-order valence-corrected chi connectivity index (χ2v) is 20.6. The van der Waals surface area contributed by atoms with Gasteiger partial charge in [0.25, 0.3) is 0 Å². The van der Waals surface area contributed by atoms with E-state index >= 15 is 0 Å². The molecule has 15 rings (SSSR count). The van der Waals surface area contributed by atoms with E-state index in [0.29, 0.717) is 0 Å². The molecule has 0 saturated carbocycles. The molecule has 2 nitrogen and oxygen atoms in total. The molecular formula is C72H46N2S. The zero-order valence-electron chi connectivity index (χ0n) is 40.9. The summed E-state index contributed by atoms with van der Waals surface area (Å²) in [5.74, 6) is 0. The summed E-state index contributed by atoms with van der Waals surface area (Å²) in [7, 11) is 0. The quantitative estimate of drug-likeness (QED) is 0.170. The minimum Gasteiger partial charge on any atom is -0.310 e. The van der Waals surface area contributed by atoms with Crippen molar-refractivity contribution in [3.8, 4) is 33.4 Å². The highest BCUT2D eigenvalue weighted by Crippen LogP contribution is 2.53. The maximum absolute atomic E-state index is 2.49. The first kappa shape index (κ1) is 43.1. The van der Waals surface area contributed by atoms with Crippen molar-refractivity contribution < 1.29 is 0 Å². The molecule has 0 unspecified atom stereocenters. The molecular weight excluding hydrogens is 925 g/mol. The Kier molecular flexibility index (Phi) is 10.1. The van der Waals surface area contributed by atoms with E-state index in [1.807, 2.05) is 11.3 Å². The molecule has 0 fully saturated rings. The fourth-order valence-corrected chi connectivity index (χ4v) is 13.1. The lowest BCUT2D eigenvalue weighted by molar-refractivity contribution is 1.27. The standard InChI is InChI=1S/C72H46N2S/c1-3-19-47(20-4-1)48-35-37-50(38-36-48)73(52-40-42-70-67(44-52)60-30-14-12-28-58(60)62-31-15-17-33-69(62)74(70)49-21-5-2-6-22-49)51-39-41-61-57-27-10-9-25-55(57)53-23-7-8-24-54(53)56-26-11-13-29-59(56)66-46-72-68(45-65(66)64(61)43-51)63-32-16-18-34-71(63)75-72/h1-46H. The van der Waals surface area contributed by atoms with Gasteiger partial charge in [-0.1, -0.05) is 200 Å². The van der Waals surface area contributed by atoms with Crippen molar-refractivity contribution in [3.05, 3.63) is 279 Å². The summed E-state index contributed by atoms with van der Waals surface area (Å²) in [4.78, 5) is 4.90. The molecule has 1 aromatic heterocycles. The van der Waals surface area contributed by atoms with E-state index in [2.05, 4.69) is 289 Å². The van der Waals surface area contributed by atoms with Crippen LogP contribution < -0.4 is 9.80 Å². The summed E-state index contributed by atoms with van der Waals surface area (Å²) in [5.41, 5.74) is 13.7. The van der Waals surface area contributed by atoms with Crippen LogP contribution in [0.25, 0.3) is 107 Å². The van der Waals surface area contributed by atoms with Crippen molar-refractivity contribution in [1.82, 2.24) is 0 Å². The van der Waals surface area contributed by atoms with Crippen LogP contribution in [0.1, 0.15) is 0 Å². The van der Waals surface area contributed by atoms with Gasteiger partial charge in [0.15, 0.2) is 0 Å². The van der Waals surface area contributed by atoms with Crippen molar-refractivity contribution in [1.29, 1.82) is 0 Å². The minimum atomic E-state index is 1.06. The van der Waals surface area contributed by atoms with Crippen LogP contribution in [0, 0.1) is 0 Å². The highest BCUT2D eigenvalue weighted by atomic mass is 32.1. The average molecular weight is 971 g/mol. The lowest BCUT2D eigenvalue weighted by Gasteiger charge is -2.30. The van der Waals surface area contributed by atoms with Gasteiger partial charge in [-0.2, -0.15) is 0 Å². The predicted octanol–water partition coefficient (Wildman–Crippen LogP) is 21.2. The highest BCUT2D eigenvalue weighted by molar-refractivity contribution is 7.25. The Labute approximate surface area is 439 Å². The number of anilines is 6. The third-order valence-corrected chi connectivity index (χ3v) is 16.5. The van der Waals surface area contributed by atoms with Gasteiger partial charge in [0, 0.05) is 54.0 Å². The summed E-state index contributed by atoms with van der Waals surface area (Å²) in [6.07, 6.45) is 0. The molecule has 0 amide bonds. The molecule has 1 aliphatic rings. The van der Waals surface area contributed by atoms with Gasteiger partial charge in [0.05, 0.1) is 11.4 Å². The topological polar surface area (TPSA) is 6.48 Å². The molecule has 0 spiro atoms. The van der Waals surface area contributed by atoms with E-state index in [-0.39, 0.29) is 0 Å². The third kappa shape index (κ3) is 7.08. The van der Waals surface area contributed by atoms with Crippen molar-refractivity contribution in [2.75, 3.05) is 9.80 Å². The first-order chi connectivity index (χ1) is 37.2. The monoisotopic (exact) mass is 970 g/mol. The molecule has 0 atom stereocenters. The zero-order valence-corrected chi connectivity index (χ0v) is 41.7. The minimum absolute atomic E-state index is 1.06. The van der Waals surface area contributed by atoms with E-state index in [1.165, 1.54) is 102 Å². The second kappa shape index (κ2) is 17.6. The number of rotatable bonds is 5. The molecule has 0 N–H and O–H groups in total. The van der Waals surface area contributed by atoms with Crippen molar-refractivity contribution in [3.63, 3.8) is 0 Å². The molecule has 13 aromatic carbocycles. The van der Waals surface area contributed by atoms with Gasteiger partial charge in [-0.05, 0) is 155 Å². The molecule has 1 aliphatic heterocycles. The molecule has 350 valence electrons. The summed E-state index contributed by atoms with van der Waals surface area (Å²) in [5, 5.41) is 14.7. The summed E-state index contributed by atoms with van der Waals surface area (Å²) in [6.45, 7) is 0.